The number of nitrogens with two attached hydrogens (primary N) is 1. The average Bonchev–Trinajstić information content (AvgIpc) is 2.68. The molecule has 3 aromatic rings. The lowest BCUT2D eigenvalue weighted by Crippen LogP contribution is -2.12. The van der Waals surface area contributed by atoms with Crippen LogP contribution in [0.5, 0.6) is 0 Å². The molecule has 1 heterocycles. The molecule has 0 saturated carbocycles. The zero-order chi connectivity index (χ0) is 20.5. The maximum Gasteiger partial charge on any atom is 0.271 e. The highest BCUT2D eigenvalue weighted by Crippen LogP contribution is 2.26. The first kappa shape index (κ1) is 20.9. The number of non-ortho nitro benzene ring substituents is 1. The Hall–Kier alpha value is -3.41. The van der Waals surface area contributed by atoms with Gasteiger partial charge in [0.2, 0.25) is 5.95 Å². The summed E-state index contributed by atoms with van der Waals surface area (Å²) in [5.41, 5.74) is 1.59. The number of nitrogens with zero attached hydrogens (tertiary/aromatic N) is 4. The lowest BCUT2D eigenvalue weighted by Gasteiger charge is -2.18. The van der Waals surface area contributed by atoms with Crippen molar-refractivity contribution >= 4 is 40.1 Å². The number of rotatable bonds is 5. The molecule has 3 N–H and O–H groups in total. The normalized spacial score (nSPS) is 11.0. The number of anilines is 4. The molecule has 0 aliphatic rings. The van der Waals surface area contributed by atoms with Crippen LogP contribution in [0.2, 0.25) is 0 Å². The summed E-state index contributed by atoms with van der Waals surface area (Å²) in [5, 5.41) is 18.1. The van der Waals surface area contributed by atoms with Crippen molar-refractivity contribution in [2.45, 2.75) is 0 Å². The van der Waals surface area contributed by atoms with Gasteiger partial charge in [-0.3, -0.25) is 19.5 Å². The smallest absolute Gasteiger partial charge is 0.271 e. The highest BCUT2D eigenvalue weighted by atomic mass is 32.2. The quantitative estimate of drug-likeness (QED) is 0.376. The minimum atomic E-state index is -2.36. The number of nitrogens with one attached hydrogen (secondary N) is 1. The van der Waals surface area contributed by atoms with E-state index in [9.17, 15) is 10.1 Å². The van der Waals surface area contributed by atoms with Gasteiger partial charge in [-0.15, -0.1) is 0 Å². The Kier molecular flexibility index (Phi) is 7.51. The average molecular weight is 401 g/mol. The first-order valence-corrected chi connectivity index (χ1v) is 8.97. The van der Waals surface area contributed by atoms with Crippen molar-refractivity contribution in [1.82, 2.24) is 9.97 Å². The van der Waals surface area contributed by atoms with Gasteiger partial charge >= 0.3 is 0 Å². The van der Waals surface area contributed by atoms with Crippen LogP contribution in [0, 0.1) is 10.1 Å². The molecule has 10 nitrogen and oxygen atoms in total. The molecule has 0 aliphatic heterocycles. The van der Waals surface area contributed by atoms with Crippen molar-refractivity contribution in [3.8, 4) is 0 Å². The Morgan fingerprint density at radius 1 is 1.14 bits per heavy atom. The summed E-state index contributed by atoms with van der Waals surface area (Å²) in [6.45, 7) is 0. The molecule has 0 bridgehead atoms. The lowest BCUT2D eigenvalue weighted by molar-refractivity contribution is -0.384. The summed E-state index contributed by atoms with van der Waals surface area (Å²) in [7, 11) is 1.80. The van der Waals surface area contributed by atoms with E-state index in [-0.39, 0.29) is 5.69 Å². The number of hydrogen-bond acceptors (Lipinski definition) is 8. The van der Waals surface area contributed by atoms with Gasteiger partial charge in [0.1, 0.15) is 5.82 Å². The Bertz CT molecular complexity index is 953. The molecule has 1 aromatic heterocycles. The van der Waals surface area contributed by atoms with E-state index in [2.05, 4.69) is 20.4 Å². The van der Waals surface area contributed by atoms with Crippen LogP contribution in [0.4, 0.5) is 28.8 Å². The third-order valence-corrected chi connectivity index (χ3v) is 3.44. The fraction of sp³-hybridized carbons (Fsp3) is 0.0588. The van der Waals surface area contributed by atoms with E-state index in [1.54, 1.807) is 36.3 Å². The minimum absolute atomic E-state index is 0.0380. The second kappa shape index (κ2) is 10.1. The van der Waals surface area contributed by atoms with Crippen molar-refractivity contribution in [2.75, 3.05) is 17.3 Å². The number of para-hydroxylation sites is 1. The molecule has 0 fully saturated rings. The fourth-order valence-corrected chi connectivity index (χ4v) is 2.19. The highest BCUT2D eigenvalue weighted by molar-refractivity contribution is 7.76. The summed E-state index contributed by atoms with van der Waals surface area (Å²) in [4.78, 5) is 20.9. The first-order chi connectivity index (χ1) is 13.4. The number of nitro groups is 1. The Balaban J connectivity index is 0.000000640. The van der Waals surface area contributed by atoms with E-state index < -0.39 is 16.2 Å². The SMILES string of the molecule is CN(c1cccc([N+](=O)[O-])c1)c1ccnc(Nc2ccccc2)n1.NS(=O)[O-]. The van der Waals surface area contributed by atoms with Gasteiger partial charge in [0.05, 0.1) is 4.92 Å². The minimum Gasteiger partial charge on any atom is -0.760 e. The van der Waals surface area contributed by atoms with Crippen LogP contribution >= 0.6 is 0 Å². The Morgan fingerprint density at radius 2 is 1.82 bits per heavy atom. The predicted octanol–water partition coefficient (Wildman–Crippen LogP) is 2.64. The third-order valence-electron chi connectivity index (χ3n) is 3.44. The summed E-state index contributed by atoms with van der Waals surface area (Å²) in [5.74, 6) is 1.08. The molecule has 146 valence electrons. The zero-order valence-electron chi connectivity index (χ0n) is 14.8. The maximum absolute atomic E-state index is 10.9. The molecule has 0 amide bonds. The molecule has 3 rings (SSSR count). The monoisotopic (exact) mass is 401 g/mol. The van der Waals surface area contributed by atoms with Gasteiger partial charge in [0.15, 0.2) is 0 Å². The van der Waals surface area contributed by atoms with Crippen LogP contribution in [0.1, 0.15) is 0 Å². The highest BCUT2D eigenvalue weighted by Gasteiger charge is 2.11. The second-order valence-corrected chi connectivity index (χ2v) is 5.85. The molecule has 1 unspecified atom stereocenters. The molecule has 2 aromatic carbocycles. The van der Waals surface area contributed by atoms with E-state index in [0.29, 0.717) is 17.5 Å². The molecule has 0 saturated heterocycles. The van der Waals surface area contributed by atoms with Crippen LogP contribution < -0.4 is 15.4 Å². The Morgan fingerprint density at radius 3 is 2.46 bits per heavy atom. The van der Waals surface area contributed by atoms with Crippen LogP contribution in [-0.4, -0.2) is 30.7 Å². The van der Waals surface area contributed by atoms with Crippen LogP contribution in [0.15, 0.2) is 66.9 Å². The first-order valence-electron chi connectivity index (χ1n) is 7.84. The summed E-state index contributed by atoms with van der Waals surface area (Å²) >= 11 is -2.36. The van der Waals surface area contributed by atoms with Crippen LogP contribution in [0.3, 0.4) is 0 Å². The van der Waals surface area contributed by atoms with Crippen molar-refractivity contribution in [3.05, 3.63) is 77.0 Å². The summed E-state index contributed by atoms with van der Waals surface area (Å²) in [6.07, 6.45) is 1.64. The molecule has 28 heavy (non-hydrogen) atoms. The lowest BCUT2D eigenvalue weighted by atomic mass is 10.2. The van der Waals surface area contributed by atoms with Gasteiger partial charge in [-0.1, -0.05) is 24.3 Å². The van der Waals surface area contributed by atoms with Gasteiger partial charge in [0, 0.05) is 48.0 Å². The molecule has 11 heteroatoms. The van der Waals surface area contributed by atoms with Crippen molar-refractivity contribution < 1.29 is 13.7 Å². The third kappa shape index (κ3) is 6.39. The van der Waals surface area contributed by atoms with Crippen molar-refractivity contribution in [2.24, 2.45) is 5.14 Å². The topological polar surface area (TPSA) is 150 Å². The van der Waals surface area contributed by atoms with E-state index in [1.165, 1.54) is 12.1 Å². The van der Waals surface area contributed by atoms with Crippen LogP contribution in [-0.2, 0) is 11.3 Å². The van der Waals surface area contributed by atoms with Crippen molar-refractivity contribution in [3.63, 3.8) is 0 Å². The molecule has 0 radical (unpaired) electrons. The molecular weight excluding hydrogens is 384 g/mol. The van der Waals surface area contributed by atoms with Gasteiger partial charge in [-0.2, -0.15) is 4.98 Å². The molecule has 0 aliphatic carbocycles. The zero-order valence-corrected chi connectivity index (χ0v) is 15.6. The molecule has 1 atom stereocenters. The Labute approximate surface area is 163 Å². The van der Waals surface area contributed by atoms with E-state index in [4.69, 9.17) is 8.76 Å². The van der Waals surface area contributed by atoms with E-state index in [0.717, 1.165) is 5.69 Å². The van der Waals surface area contributed by atoms with Crippen molar-refractivity contribution in [1.29, 1.82) is 0 Å². The van der Waals surface area contributed by atoms with Gasteiger partial charge in [0.25, 0.3) is 5.69 Å². The fourth-order valence-electron chi connectivity index (χ4n) is 2.19. The summed E-state index contributed by atoms with van der Waals surface area (Å²) in [6, 6.07) is 17.7. The van der Waals surface area contributed by atoms with Gasteiger partial charge < -0.3 is 14.8 Å². The van der Waals surface area contributed by atoms with Gasteiger partial charge in [-0.05, 0) is 24.3 Å². The maximum atomic E-state index is 10.9. The number of nitro benzene ring substituents is 1. The number of hydrogen-bond donors (Lipinski definition) is 2. The second-order valence-electron chi connectivity index (χ2n) is 5.33. The molecule has 0 spiro atoms. The summed E-state index contributed by atoms with van der Waals surface area (Å²) < 4.78 is 17.6. The van der Waals surface area contributed by atoms with E-state index in [1.807, 2.05) is 30.3 Å². The van der Waals surface area contributed by atoms with E-state index >= 15 is 0 Å². The standard InChI is InChI=1S/C17H15N5O2.H3NO2S/c1-21(14-8-5-9-15(12-14)22(23)24)16-10-11-18-17(20-16)19-13-6-3-2-4-7-13;1-4(2)3/h2-12H,1H3,(H,18,19,20);1H2,(H,2,3)/p-1. The molecular formula is C17H17N6O4S-. The predicted molar refractivity (Wildman–Crippen MR) is 106 cm³/mol. The number of aromatic nitrogens is 2. The number of benzene rings is 2. The van der Waals surface area contributed by atoms with Crippen LogP contribution in [0.25, 0.3) is 0 Å². The largest absolute Gasteiger partial charge is 0.760 e. The van der Waals surface area contributed by atoms with Gasteiger partial charge in [-0.25, -0.2) is 4.98 Å².